The average Bonchev–Trinajstić information content (AvgIpc) is 2.91. The van der Waals surface area contributed by atoms with E-state index >= 15 is 0 Å². The van der Waals surface area contributed by atoms with Crippen LogP contribution in [0.5, 0.6) is 0 Å². The van der Waals surface area contributed by atoms with Crippen LogP contribution in [0.1, 0.15) is 216 Å². The molecule has 0 aliphatic heterocycles. The molecule has 0 bridgehead atoms. The zero-order chi connectivity index (χ0) is 27.8. The van der Waals surface area contributed by atoms with E-state index in [4.69, 9.17) is 4.74 Å². The molecule has 0 aliphatic rings. The van der Waals surface area contributed by atoms with Crippen molar-refractivity contribution >= 4 is 49.7 Å². The molecule has 0 heterocycles. The first-order valence-corrected chi connectivity index (χ1v) is 17.4. The van der Waals surface area contributed by atoms with Crippen molar-refractivity contribution in [3.05, 3.63) is 0 Å². The Balaban J connectivity index is -0.00000228. The smallest absolute Gasteiger partial charge is 1.00 e. The van der Waals surface area contributed by atoms with Gasteiger partial charge in [-0.3, -0.25) is 9.59 Å². The first-order valence-electron chi connectivity index (χ1n) is 17.4. The largest absolute Gasteiger partial charge is 2.00 e. The predicted octanol–water partition coefficient (Wildman–Crippen LogP) is 12.0. The van der Waals surface area contributed by atoms with Gasteiger partial charge in [-0.15, -0.1) is 0 Å². The van der Waals surface area contributed by atoms with Crippen molar-refractivity contribution in [1.82, 2.24) is 0 Å². The van der Waals surface area contributed by atoms with Crippen LogP contribution in [0.15, 0.2) is 0 Å². The van der Waals surface area contributed by atoms with E-state index in [1.54, 1.807) is 0 Å². The van der Waals surface area contributed by atoms with E-state index in [2.05, 4.69) is 13.8 Å². The van der Waals surface area contributed by atoms with Gasteiger partial charge in [-0.2, -0.15) is 0 Å². The van der Waals surface area contributed by atoms with Gasteiger partial charge < -0.3 is 7.59 Å². The van der Waals surface area contributed by atoms with Gasteiger partial charge in [0.05, 0.1) is 0 Å². The quantitative estimate of drug-likeness (QED) is 0.0355. The van der Waals surface area contributed by atoms with Gasteiger partial charge in [0.1, 0.15) is 0 Å². The second-order valence-electron chi connectivity index (χ2n) is 11.9. The average molecular weight is 579 g/mol. The molecule has 0 aromatic carbocycles. The summed E-state index contributed by atoms with van der Waals surface area (Å²) >= 11 is 0. The summed E-state index contributed by atoms with van der Waals surface area (Å²) in [5.74, 6) is -0.648. The maximum atomic E-state index is 11.9. The summed E-state index contributed by atoms with van der Waals surface area (Å²) in [5, 5.41) is 0. The summed E-state index contributed by atoms with van der Waals surface area (Å²) in [6.45, 7) is 4.55. The molecule has 0 spiro atoms. The molecule has 0 saturated carbocycles. The Morgan fingerprint density at radius 3 is 0.744 bits per heavy atom. The molecule has 230 valence electrons. The van der Waals surface area contributed by atoms with Crippen LogP contribution in [0.4, 0.5) is 0 Å². The summed E-state index contributed by atoms with van der Waals surface area (Å²) in [4.78, 5) is 23.8. The molecule has 0 amide bonds. The summed E-state index contributed by atoms with van der Waals surface area (Å²) in [7, 11) is 0. The van der Waals surface area contributed by atoms with Gasteiger partial charge in [0.25, 0.3) is 0 Å². The van der Waals surface area contributed by atoms with Crippen molar-refractivity contribution in [2.75, 3.05) is 0 Å². The van der Waals surface area contributed by atoms with Gasteiger partial charge in [-0.1, -0.05) is 187 Å². The van der Waals surface area contributed by atoms with Crippen molar-refractivity contribution in [3.8, 4) is 0 Å². The van der Waals surface area contributed by atoms with Crippen LogP contribution in [-0.2, 0) is 14.3 Å². The summed E-state index contributed by atoms with van der Waals surface area (Å²) in [6, 6.07) is 0. The third-order valence-corrected chi connectivity index (χ3v) is 7.95. The van der Waals surface area contributed by atoms with Crippen molar-refractivity contribution in [1.29, 1.82) is 0 Å². The third-order valence-electron chi connectivity index (χ3n) is 7.95. The monoisotopic (exact) mass is 578 g/mol. The Labute approximate surface area is 278 Å². The van der Waals surface area contributed by atoms with E-state index in [1.165, 1.54) is 161 Å². The van der Waals surface area contributed by atoms with Crippen LogP contribution >= 0.6 is 0 Å². The first-order chi connectivity index (χ1) is 18.7. The normalized spacial score (nSPS) is 10.9. The number of rotatable bonds is 31. The molecular formula is C35H70CaO3. The van der Waals surface area contributed by atoms with E-state index in [0.717, 1.165) is 25.7 Å². The van der Waals surface area contributed by atoms with Gasteiger partial charge in [-0.25, -0.2) is 0 Å². The fraction of sp³-hybridized carbons (Fsp3) is 0.943. The summed E-state index contributed by atoms with van der Waals surface area (Å²) in [6.07, 6.45) is 38.6. The number of unbranched alkanes of at least 4 members (excludes halogenated alkanes) is 27. The topological polar surface area (TPSA) is 43.4 Å². The molecule has 4 heteroatoms. The number of hydrogen-bond acceptors (Lipinski definition) is 3. The molecule has 0 aliphatic carbocycles. The number of esters is 2. The molecule has 0 rings (SSSR count). The molecule has 0 aromatic rings. The number of carbonyl (C=O) groups is 2. The van der Waals surface area contributed by atoms with Gasteiger partial charge in [0.15, 0.2) is 0 Å². The third kappa shape index (κ3) is 36.4. The maximum absolute atomic E-state index is 11.9. The fourth-order valence-electron chi connectivity index (χ4n) is 5.33. The molecule has 3 nitrogen and oxygen atoms in total. The van der Waals surface area contributed by atoms with Crippen LogP contribution in [-0.4, -0.2) is 49.7 Å². The minimum Gasteiger partial charge on any atom is -1.00 e. The number of ether oxygens (including phenoxy) is 1. The molecule has 0 radical (unpaired) electrons. The van der Waals surface area contributed by atoms with Crippen LogP contribution in [0.3, 0.4) is 0 Å². The van der Waals surface area contributed by atoms with Crippen molar-refractivity contribution < 1.29 is 17.2 Å². The summed E-state index contributed by atoms with van der Waals surface area (Å²) in [5.41, 5.74) is 0. The van der Waals surface area contributed by atoms with Gasteiger partial charge in [0, 0.05) is 12.8 Å². The van der Waals surface area contributed by atoms with Crippen molar-refractivity contribution in [2.45, 2.75) is 213 Å². The fourth-order valence-corrected chi connectivity index (χ4v) is 5.33. The SMILES string of the molecule is CCCCCCCCCCCCCCCCCC(=O)OC(=O)CCCCCCCCCCCCCCCC.[Ca+2].[H-].[H-]. The van der Waals surface area contributed by atoms with Crippen LogP contribution < -0.4 is 0 Å². The molecule has 0 unspecified atom stereocenters. The van der Waals surface area contributed by atoms with Crippen LogP contribution in [0, 0.1) is 0 Å². The second kappa shape index (κ2) is 36.4. The summed E-state index contributed by atoms with van der Waals surface area (Å²) < 4.78 is 5.01. The van der Waals surface area contributed by atoms with Crippen molar-refractivity contribution in [3.63, 3.8) is 0 Å². The minimum atomic E-state index is -0.324. The molecule has 0 aromatic heterocycles. The van der Waals surface area contributed by atoms with Crippen molar-refractivity contribution in [2.24, 2.45) is 0 Å². The van der Waals surface area contributed by atoms with Crippen LogP contribution in [0.2, 0.25) is 0 Å². The van der Waals surface area contributed by atoms with E-state index in [0.29, 0.717) is 12.8 Å². The van der Waals surface area contributed by atoms with E-state index in [-0.39, 0.29) is 52.5 Å². The standard InChI is InChI=1S/C35H68O3.Ca.2H/c1-3-5-7-9-11-13-15-17-19-21-23-25-27-29-31-33-35(37)38-34(36)32-30-28-26-24-22-20-18-16-14-12-10-8-6-4-2;;;/h3-33H2,1-2H3;;;/q;+2;2*-1. The maximum Gasteiger partial charge on any atom is 2.00 e. The predicted molar refractivity (Wildman–Crippen MR) is 174 cm³/mol. The zero-order valence-electron chi connectivity index (χ0n) is 28.9. The van der Waals surface area contributed by atoms with Gasteiger partial charge in [-0.05, 0) is 12.8 Å². The van der Waals surface area contributed by atoms with Gasteiger partial charge in [0.2, 0.25) is 0 Å². The molecule has 0 atom stereocenters. The Hall–Kier alpha value is 0.400. The zero-order valence-corrected chi connectivity index (χ0v) is 29.1. The Kier molecular flexibility index (Phi) is 38.8. The molecule has 39 heavy (non-hydrogen) atoms. The molecule has 0 N–H and O–H groups in total. The first kappa shape index (κ1) is 41.5. The number of hydrogen-bond donors (Lipinski definition) is 0. The molecule has 0 fully saturated rings. The van der Waals surface area contributed by atoms with Gasteiger partial charge >= 0.3 is 49.7 Å². The van der Waals surface area contributed by atoms with Crippen LogP contribution in [0.25, 0.3) is 0 Å². The number of carbonyl (C=O) groups excluding carboxylic acids is 2. The minimum absolute atomic E-state index is 0. The Morgan fingerprint density at radius 2 is 0.538 bits per heavy atom. The second-order valence-corrected chi connectivity index (χ2v) is 11.9. The van der Waals surface area contributed by atoms with E-state index < -0.39 is 0 Å². The van der Waals surface area contributed by atoms with E-state index in [9.17, 15) is 9.59 Å². The Morgan fingerprint density at radius 1 is 0.359 bits per heavy atom. The molecule has 0 saturated heterocycles. The molecular weight excluding hydrogens is 508 g/mol. The Bertz CT molecular complexity index is 506. The van der Waals surface area contributed by atoms with E-state index in [1.807, 2.05) is 0 Å².